The maximum Gasteiger partial charge on any atom is 0.227 e. The van der Waals surface area contributed by atoms with Gasteiger partial charge in [-0.1, -0.05) is 12.8 Å². The van der Waals surface area contributed by atoms with Gasteiger partial charge in [-0.15, -0.1) is 0 Å². The lowest BCUT2D eigenvalue weighted by Gasteiger charge is -2.12. The predicted octanol–water partition coefficient (Wildman–Crippen LogP) is 6.01. The molecule has 0 aliphatic heterocycles. The number of aromatic amines is 2. The van der Waals surface area contributed by atoms with Gasteiger partial charge < -0.3 is 20.5 Å². The van der Waals surface area contributed by atoms with Crippen molar-refractivity contribution in [2.24, 2.45) is 5.92 Å². The van der Waals surface area contributed by atoms with Crippen molar-refractivity contribution in [3.05, 3.63) is 66.8 Å². The fraction of sp³-hybridized carbons (Fsp3) is 0.273. The van der Waals surface area contributed by atoms with Crippen LogP contribution in [0.15, 0.2) is 55.1 Å². The van der Waals surface area contributed by atoms with Gasteiger partial charge in [-0.25, -0.2) is 13.8 Å². The molecule has 0 saturated heterocycles. The molecule has 13 heteroatoms. The molecule has 5 heterocycles. The molecule has 4 N–H and O–H groups in total. The summed E-state index contributed by atoms with van der Waals surface area (Å²) in [5, 5.41) is 13.6. The fourth-order valence-corrected chi connectivity index (χ4v) is 5.93. The Morgan fingerprint density at radius 1 is 0.957 bits per heavy atom. The number of aromatic nitrogens is 7. The first-order valence-electron chi connectivity index (χ1n) is 15.2. The highest BCUT2D eigenvalue weighted by Crippen LogP contribution is 2.35. The first-order valence-corrected chi connectivity index (χ1v) is 15.2. The number of amides is 1. The lowest BCUT2D eigenvalue weighted by molar-refractivity contribution is -0.119. The molecule has 1 amide bonds. The second-order valence-electron chi connectivity index (χ2n) is 11.8. The number of likely N-dealkylation sites (N-methyl/N-ethyl adjacent to an activating group) is 1. The molecule has 0 radical (unpaired) electrons. The van der Waals surface area contributed by atoms with E-state index in [0.29, 0.717) is 57.1 Å². The molecule has 11 nitrogen and oxygen atoms in total. The number of carbonyl (C=O) groups is 1. The zero-order valence-corrected chi connectivity index (χ0v) is 25.4. The van der Waals surface area contributed by atoms with E-state index in [2.05, 4.69) is 40.8 Å². The van der Waals surface area contributed by atoms with E-state index in [0.717, 1.165) is 32.2 Å². The molecule has 6 aromatic rings. The standard InChI is InChI=1S/C33H32F2N10O/c1-45(2)10-9-37-22-12-19(11-21(34)14-22)29-30-24(7-8-38-29)41-32(42-30)31-26-25(43-44-31)17-39-28(27(26)35)20-13-23(16-36-15-20)40-33(46)18-5-3-4-6-18/h7-8,11-18,37H,3-6,9-10H2,1-2H3,(H,40,46)(H,41,42)(H,43,44). The minimum Gasteiger partial charge on any atom is -0.384 e. The highest BCUT2D eigenvalue weighted by molar-refractivity contribution is 5.98. The number of hydrogen-bond acceptors (Lipinski definition) is 8. The molecule has 0 bridgehead atoms. The molecule has 1 aromatic carbocycles. The van der Waals surface area contributed by atoms with Crippen LogP contribution in [0.25, 0.3) is 56.0 Å². The van der Waals surface area contributed by atoms with Crippen molar-refractivity contribution in [3.63, 3.8) is 0 Å². The van der Waals surface area contributed by atoms with Crippen LogP contribution >= 0.6 is 0 Å². The lowest BCUT2D eigenvalue weighted by atomic mass is 10.1. The van der Waals surface area contributed by atoms with Crippen LogP contribution in [0.3, 0.4) is 0 Å². The van der Waals surface area contributed by atoms with Gasteiger partial charge in [0.2, 0.25) is 5.91 Å². The Hall–Kier alpha value is -5.30. The fourth-order valence-electron chi connectivity index (χ4n) is 5.93. The van der Waals surface area contributed by atoms with E-state index in [1.54, 1.807) is 18.3 Å². The smallest absolute Gasteiger partial charge is 0.227 e. The number of anilines is 2. The molecule has 0 spiro atoms. The van der Waals surface area contributed by atoms with Crippen LogP contribution in [-0.2, 0) is 4.79 Å². The van der Waals surface area contributed by atoms with E-state index >= 15 is 4.39 Å². The molecule has 46 heavy (non-hydrogen) atoms. The Bertz CT molecular complexity index is 2070. The Labute approximate surface area is 262 Å². The molecule has 1 aliphatic carbocycles. The number of benzene rings is 1. The van der Waals surface area contributed by atoms with E-state index in [-0.39, 0.29) is 28.6 Å². The summed E-state index contributed by atoms with van der Waals surface area (Å²) in [4.78, 5) is 35.8. The molecule has 234 valence electrons. The molecule has 0 unspecified atom stereocenters. The van der Waals surface area contributed by atoms with Crippen molar-refractivity contribution in [1.29, 1.82) is 0 Å². The molecule has 1 saturated carbocycles. The summed E-state index contributed by atoms with van der Waals surface area (Å²) in [5.41, 5.74) is 4.36. The summed E-state index contributed by atoms with van der Waals surface area (Å²) in [7, 11) is 3.94. The van der Waals surface area contributed by atoms with Gasteiger partial charge in [-0.3, -0.25) is 24.8 Å². The van der Waals surface area contributed by atoms with Crippen LogP contribution in [0.1, 0.15) is 25.7 Å². The third-order valence-electron chi connectivity index (χ3n) is 8.23. The van der Waals surface area contributed by atoms with Gasteiger partial charge in [0.25, 0.3) is 0 Å². The number of carbonyl (C=O) groups excluding carboxylic acids is 1. The molecule has 1 aliphatic rings. The summed E-state index contributed by atoms with van der Waals surface area (Å²) in [6, 6.07) is 8.09. The average Bonchev–Trinajstić information content (AvgIpc) is 3.81. The summed E-state index contributed by atoms with van der Waals surface area (Å²) in [6.07, 6.45) is 9.98. The Balaban J connectivity index is 1.23. The largest absolute Gasteiger partial charge is 0.384 e. The first kappa shape index (κ1) is 29.4. The number of rotatable bonds is 9. The minimum atomic E-state index is -0.611. The first-order chi connectivity index (χ1) is 22.3. The van der Waals surface area contributed by atoms with Crippen LogP contribution in [0, 0.1) is 17.6 Å². The van der Waals surface area contributed by atoms with E-state index < -0.39 is 11.6 Å². The molecule has 0 atom stereocenters. The Kier molecular flexibility index (Phi) is 7.83. The Morgan fingerprint density at radius 2 is 1.78 bits per heavy atom. The molecule has 5 aromatic heterocycles. The van der Waals surface area contributed by atoms with Gasteiger partial charge in [0, 0.05) is 48.2 Å². The highest BCUT2D eigenvalue weighted by Gasteiger charge is 2.24. The monoisotopic (exact) mass is 622 g/mol. The van der Waals surface area contributed by atoms with Crippen molar-refractivity contribution in [2.45, 2.75) is 25.7 Å². The summed E-state index contributed by atoms with van der Waals surface area (Å²) < 4.78 is 31.0. The van der Waals surface area contributed by atoms with Crippen LogP contribution in [-0.4, -0.2) is 73.1 Å². The SMILES string of the molecule is CN(C)CCNc1cc(F)cc(-c2nccc3[nH]c(-c4n[nH]c5cnc(-c6cncc(NC(=O)C7CCCC7)c6)c(F)c45)nc23)c1. The number of pyridine rings is 3. The van der Waals surface area contributed by atoms with Crippen LogP contribution < -0.4 is 10.6 Å². The van der Waals surface area contributed by atoms with Gasteiger partial charge in [0.15, 0.2) is 11.6 Å². The van der Waals surface area contributed by atoms with Gasteiger partial charge in [-0.2, -0.15) is 5.10 Å². The molecular weight excluding hydrogens is 590 g/mol. The van der Waals surface area contributed by atoms with Crippen molar-refractivity contribution in [1.82, 2.24) is 40.0 Å². The molecular formula is C33H32F2N10O. The normalized spacial score (nSPS) is 13.7. The third-order valence-corrected chi connectivity index (χ3v) is 8.23. The summed E-state index contributed by atoms with van der Waals surface area (Å²) in [6.45, 7) is 1.43. The number of halogens is 2. The van der Waals surface area contributed by atoms with Crippen molar-refractivity contribution >= 4 is 39.2 Å². The van der Waals surface area contributed by atoms with Crippen molar-refractivity contribution in [2.75, 3.05) is 37.8 Å². The highest BCUT2D eigenvalue weighted by atomic mass is 19.1. The second kappa shape index (κ2) is 12.2. The number of nitrogens with one attached hydrogen (secondary N) is 4. The quantitative estimate of drug-likeness (QED) is 0.154. The van der Waals surface area contributed by atoms with Gasteiger partial charge in [0.1, 0.15) is 22.7 Å². The number of H-pyrrole nitrogens is 2. The summed E-state index contributed by atoms with van der Waals surface area (Å²) >= 11 is 0. The van der Waals surface area contributed by atoms with E-state index in [4.69, 9.17) is 4.98 Å². The number of nitrogens with zero attached hydrogens (tertiary/aromatic N) is 6. The predicted molar refractivity (Wildman–Crippen MR) is 173 cm³/mol. The van der Waals surface area contributed by atoms with E-state index in [9.17, 15) is 9.18 Å². The van der Waals surface area contributed by atoms with Crippen LogP contribution in [0.5, 0.6) is 0 Å². The average molecular weight is 623 g/mol. The van der Waals surface area contributed by atoms with Gasteiger partial charge in [0.05, 0.1) is 40.2 Å². The lowest BCUT2D eigenvalue weighted by Crippen LogP contribution is -2.20. The summed E-state index contributed by atoms with van der Waals surface area (Å²) in [5.74, 6) is -0.777. The van der Waals surface area contributed by atoms with Crippen LogP contribution in [0.4, 0.5) is 20.2 Å². The van der Waals surface area contributed by atoms with E-state index in [1.807, 2.05) is 25.1 Å². The zero-order chi connectivity index (χ0) is 31.8. The third kappa shape index (κ3) is 5.76. The zero-order valence-electron chi connectivity index (χ0n) is 25.4. The van der Waals surface area contributed by atoms with Gasteiger partial charge >= 0.3 is 0 Å². The number of hydrogen-bond donors (Lipinski definition) is 4. The molecule has 7 rings (SSSR count). The number of imidazole rings is 1. The topological polar surface area (TPSA) is 140 Å². The molecule has 1 fully saturated rings. The Morgan fingerprint density at radius 3 is 2.61 bits per heavy atom. The van der Waals surface area contributed by atoms with Gasteiger partial charge in [-0.05, 0) is 57.3 Å². The van der Waals surface area contributed by atoms with Crippen LogP contribution in [0.2, 0.25) is 0 Å². The van der Waals surface area contributed by atoms with Crippen molar-refractivity contribution < 1.29 is 13.6 Å². The number of fused-ring (bicyclic) bond motifs is 2. The maximum atomic E-state index is 16.3. The maximum absolute atomic E-state index is 16.3. The van der Waals surface area contributed by atoms with Crippen molar-refractivity contribution in [3.8, 4) is 34.0 Å². The van der Waals surface area contributed by atoms with E-state index in [1.165, 1.54) is 30.7 Å². The second-order valence-corrected chi connectivity index (χ2v) is 11.8. The minimum absolute atomic E-state index is 0.0180.